The van der Waals surface area contributed by atoms with Crippen LogP contribution in [0.3, 0.4) is 0 Å². The molecule has 7 heteroatoms. The minimum atomic E-state index is -0.153. The summed E-state index contributed by atoms with van der Waals surface area (Å²) in [5.41, 5.74) is 1.73. The molecule has 1 saturated carbocycles. The summed E-state index contributed by atoms with van der Waals surface area (Å²) in [7, 11) is 1.68. The average molecular weight is 344 g/mol. The molecule has 0 unspecified atom stereocenters. The molecule has 4 rings (SSSR count). The Morgan fingerprint density at radius 1 is 1.25 bits per heavy atom. The van der Waals surface area contributed by atoms with Crippen molar-refractivity contribution >= 4 is 23.1 Å². The molecule has 0 radical (unpaired) electrons. The Balaban J connectivity index is 1.53. The zero-order valence-corrected chi connectivity index (χ0v) is 14.1. The number of hydrogen-bond donors (Lipinski definition) is 1. The molecule has 1 fully saturated rings. The number of anilines is 1. The maximum atomic E-state index is 6.26. The molecule has 0 spiro atoms. The van der Waals surface area contributed by atoms with Gasteiger partial charge in [0.15, 0.2) is 11.5 Å². The van der Waals surface area contributed by atoms with Gasteiger partial charge < -0.3 is 10.1 Å². The Labute approximate surface area is 144 Å². The Kier molecular flexibility index (Phi) is 4.08. The molecule has 0 aliphatic heterocycles. The van der Waals surface area contributed by atoms with Crippen molar-refractivity contribution in [2.75, 3.05) is 19.0 Å². The van der Waals surface area contributed by atoms with Gasteiger partial charge in [0.1, 0.15) is 11.9 Å². The zero-order chi connectivity index (χ0) is 16.5. The van der Waals surface area contributed by atoms with Crippen LogP contribution >= 0.6 is 11.6 Å². The summed E-state index contributed by atoms with van der Waals surface area (Å²) >= 11 is 6.26. The number of benzene rings is 1. The first-order valence-electron chi connectivity index (χ1n) is 7.99. The van der Waals surface area contributed by atoms with Gasteiger partial charge in [-0.25, -0.2) is 0 Å². The average Bonchev–Trinajstić information content (AvgIpc) is 3.36. The molecular formula is C17H18ClN5O. The molecule has 1 atom stereocenters. The number of nitrogens with zero attached hydrogens (tertiary/aromatic N) is 4. The lowest BCUT2D eigenvalue weighted by Gasteiger charge is -2.18. The first-order valence-corrected chi connectivity index (χ1v) is 8.37. The standard InChI is InChI=1S/C17H18ClN5O/c1-24-14(12-4-2-3-5-13(12)18)10-19-15-8-9-16-20-21-17(11-6-7-11)23(16)22-15/h2-5,8-9,11,14H,6-7,10H2,1H3,(H,19,22)/t14-/m1/s1. The molecule has 24 heavy (non-hydrogen) atoms. The third kappa shape index (κ3) is 2.95. The van der Waals surface area contributed by atoms with Gasteiger partial charge in [0.2, 0.25) is 0 Å². The van der Waals surface area contributed by atoms with Crippen LogP contribution in [-0.4, -0.2) is 33.5 Å². The second kappa shape index (κ2) is 6.37. The maximum Gasteiger partial charge on any atom is 0.178 e. The number of fused-ring (bicyclic) bond motifs is 1. The molecule has 1 aliphatic rings. The maximum absolute atomic E-state index is 6.26. The highest BCUT2D eigenvalue weighted by Gasteiger charge is 2.29. The van der Waals surface area contributed by atoms with Gasteiger partial charge in [-0.05, 0) is 31.0 Å². The van der Waals surface area contributed by atoms with E-state index in [-0.39, 0.29) is 6.10 Å². The summed E-state index contributed by atoms with van der Waals surface area (Å²) in [6.45, 7) is 0.569. The summed E-state index contributed by atoms with van der Waals surface area (Å²) in [4.78, 5) is 0. The van der Waals surface area contributed by atoms with Crippen LogP contribution < -0.4 is 5.32 Å². The van der Waals surface area contributed by atoms with Crippen LogP contribution in [0, 0.1) is 0 Å². The summed E-state index contributed by atoms with van der Waals surface area (Å²) in [5.74, 6) is 2.21. The predicted octanol–water partition coefficient (Wildman–Crippen LogP) is 3.45. The molecule has 2 heterocycles. The molecular weight excluding hydrogens is 326 g/mol. The lowest BCUT2D eigenvalue weighted by atomic mass is 10.1. The Morgan fingerprint density at radius 3 is 2.83 bits per heavy atom. The molecule has 0 bridgehead atoms. The Hall–Kier alpha value is -2.18. The van der Waals surface area contributed by atoms with Crippen molar-refractivity contribution in [3.63, 3.8) is 0 Å². The van der Waals surface area contributed by atoms with E-state index in [0.717, 1.165) is 22.9 Å². The fraction of sp³-hybridized carbons (Fsp3) is 0.353. The first kappa shape index (κ1) is 15.4. The van der Waals surface area contributed by atoms with E-state index in [0.29, 0.717) is 17.5 Å². The van der Waals surface area contributed by atoms with Gasteiger partial charge >= 0.3 is 0 Å². The summed E-state index contributed by atoms with van der Waals surface area (Å²) in [6.07, 6.45) is 2.18. The topological polar surface area (TPSA) is 64.3 Å². The molecule has 124 valence electrons. The van der Waals surface area contributed by atoms with E-state index in [1.165, 1.54) is 12.8 Å². The highest BCUT2D eigenvalue weighted by Crippen LogP contribution is 2.38. The van der Waals surface area contributed by atoms with Gasteiger partial charge in [0.25, 0.3) is 0 Å². The quantitative estimate of drug-likeness (QED) is 0.742. The molecule has 6 nitrogen and oxygen atoms in total. The van der Waals surface area contributed by atoms with Crippen LogP contribution in [0.4, 0.5) is 5.82 Å². The molecule has 2 aromatic heterocycles. The minimum Gasteiger partial charge on any atom is -0.375 e. The monoisotopic (exact) mass is 343 g/mol. The second-order valence-electron chi connectivity index (χ2n) is 5.95. The normalized spacial score (nSPS) is 15.6. The minimum absolute atomic E-state index is 0.153. The molecule has 1 aliphatic carbocycles. The summed E-state index contributed by atoms with van der Waals surface area (Å²) in [5, 5.41) is 17.0. The van der Waals surface area contributed by atoms with E-state index in [1.807, 2.05) is 40.9 Å². The molecule has 0 saturated heterocycles. The van der Waals surface area contributed by atoms with E-state index >= 15 is 0 Å². The summed E-state index contributed by atoms with van der Waals surface area (Å²) < 4.78 is 7.41. The van der Waals surface area contributed by atoms with Crippen LogP contribution in [0.2, 0.25) is 5.02 Å². The van der Waals surface area contributed by atoms with E-state index in [4.69, 9.17) is 16.3 Å². The second-order valence-corrected chi connectivity index (χ2v) is 6.36. The van der Waals surface area contributed by atoms with Crippen molar-refractivity contribution < 1.29 is 4.74 Å². The van der Waals surface area contributed by atoms with Gasteiger partial charge in [0, 0.05) is 30.2 Å². The zero-order valence-electron chi connectivity index (χ0n) is 13.3. The van der Waals surface area contributed by atoms with Crippen LogP contribution in [0.25, 0.3) is 5.65 Å². The van der Waals surface area contributed by atoms with Crippen LogP contribution in [0.1, 0.15) is 36.3 Å². The fourth-order valence-electron chi connectivity index (χ4n) is 2.75. The predicted molar refractivity (Wildman–Crippen MR) is 92.4 cm³/mol. The van der Waals surface area contributed by atoms with Crippen molar-refractivity contribution in [3.05, 3.63) is 52.8 Å². The van der Waals surface area contributed by atoms with Crippen molar-refractivity contribution in [1.29, 1.82) is 0 Å². The number of hydrogen-bond acceptors (Lipinski definition) is 5. The lowest BCUT2D eigenvalue weighted by molar-refractivity contribution is 0.114. The number of aromatic nitrogens is 4. The van der Waals surface area contributed by atoms with Crippen molar-refractivity contribution in [1.82, 2.24) is 19.8 Å². The van der Waals surface area contributed by atoms with E-state index in [2.05, 4.69) is 20.6 Å². The first-order chi connectivity index (χ1) is 11.8. The number of rotatable bonds is 6. The Bertz CT molecular complexity index is 861. The smallest absolute Gasteiger partial charge is 0.178 e. The van der Waals surface area contributed by atoms with Gasteiger partial charge in [-0.1, -0.05) is 29.8 Å². The molecule has 0 amide bonds. The van der Waals surface area contributed by atoms with Gasteiger partial charge in [-0.2, -0.15) is 4.52 Å². The number of ether oxygens (including phenoxy) is 1. The van der Waals surface area contributed by atoms with Crippen LogP contribution in [-0.2, 0) is 4.74 Å². The number of halogens is 1. The van der Waals surface area contributed by atoms with E-state index in [1.54, 1.807) is 7.11 Å². The number of nitrogens with one attached hydrogen (secondary N) is 1. The third-order valence-electron chi connectivity index (χ3n) is 4.23. The number of methoxy groups -OCH3 is 1. The van der Waals surface area contributed by atoms with Gasteiger partial charge in [0.05, 0.1) is 0 Å². The third-order valence-corrected chi connectivity index (χ3v) is 4.58. The van der Waals surface area contributed by atoms with Gasteiger partial charge in [-0.3, -0.25) is 0 Å². The highest BCUT2D eigenvalue weighted by molar-refractivity contribution is 6.31. The van der Waals surface area contributed by atoms with E-state index < -0.39 is 0 Å². The lowest BCUT2D eigenvalue weighted by Crippen LogP contribution is -2.16. The Morgan fingerprint density at radius 2 is 2.08 bits per heavy atom. The van der Waals surface area contributed by atoms with Crippen molar-refractivity contribution in [2.45, 2.75) is 24.9 Å². The molecule has 1 aromatic carbocycles. The SMILES string of the molecule is CO[C@H](CNc1ccc2nnc(C3CC3)n2n1)c1ccccc1Cl. The highest BCUT2D eigenvalue weighted by atomic mass is 35.5. The van der Waals surface area contributed by atoms with Crippen LogP contribution in [0.15, 0.2) is 36.4 Å². The fourth-order valence-corrected chi connectivity index (χ4v) is 3.01. The van der Waals surface area contributed by atoms with E-state index in [9.17, 15) is 0 Å². The van der Waals surface area contributed by atoms with Gasteiger partial charge in [-0.15, -0.1) is 15.3 Å². The molecule has 3 aromatic rings. The van der Waals surface area contributed by atoms with Crippen LogP contribution in [0.5, 0.6) is 0 Å². The molecule has 1 N–H and O–H groups in total. The van der Waals surface area contributed by atoms with Crippen molar-refractivity contribution in [2.24, 2.45) is 0 Å². The summed E-state index contributed by atoms with van der Waals surface area (Å²) in [6, 6.07) is 11.5. The largest absolute Gasteiger partial charge is 0.375 e. The van der Waals surface area contributed by atoms with Crippen molar-refractivity contribution in [3.8, 4) is 0 Å².